The lowest BCUT2D eigenvalue weighted by molar-refractivity contribution is 0.0168. The number of hydrogen-bond donors (Lipinski definition) is 1. The third-order valence-electron chi connectivity index (χ3n) is 3.59. The number of ether oxygens (including phenoxy) is 2. The van der Waals surface area contributed by atoms with Crippen molar-refractivity contribution in [1.29, 1.82) is 0 Å². The predicted molar refractivity (Wildman–Crippen MR) is 76.0 cm³/mol. The van der Waals surface area contributed by atoms with Gasteiger partial charge in [0.2, 0.25) is 0 Å². The van der Waals surface area contributed by atoms with E-state index in [4.69, 9.17) is 9.47 Å². The zero-order valence-electron chi connectivity index (χ0n) is 12.2. The van der Waals surface area contributed by atoms with Crippen LogP contribution in [0.1, 0.15) is 52.4 Å². The lowest BCUT2D eigenvalue weighted by Crippen LogP contribution is -2.28. The van der Waals surface area contributed by atoms with Gasteiger partial charge in [-0.25, -0.2) is 0 Å². The molecule has 0 saturated heterocycles. The van der Waals surface area contributed by atoms with Gasteiger partial charge in [-0.05, 0) is 25.2 Å². The first-order valence-corrected chi connectivity index (χ1v) is 7.73. The SMILES string of the molecule is CCCCOCCNCCOC1CCCC(C)C1. The molecule has 0 aromatic carbocycles. The molecule has 1 N–H and O–H groups in total. The molecule has 0 heterocycles. The van der Waals surface area contributed by atoms with Gasteiger partial charge < -0.3 is 14.8 Å². The van der Waals surface area contributed by atoms with Gasteiger partial charge >= 0.3 is 0 Å². The summed E-state index contributed by atoms with van der Waals surface area (Å²) in [5.41, 5.74) is 0. The highest BCUT2D eigenvalue weighted by molar-refractivity contribution is 4.70. The lowest BCUT2D eigenvalue weighted by atomic mass is 9.89. The molecule has 3 heteroatoms. The maximum Gasteiger partial charge on any atom is 0.0594 e. The van der Waals surface area contributed by atoms with E-state index in [2.05, 4.69) is 19.2 Å². The highest BCUT2D eigenvalue weighted by Crippen LogP contribution is 2.25. The molecule has 2 unspecified atom stereocenters. The van der Waals surface area contributed by atoms with Gasteiger partial charge in [0.15, 0.2) is 0 Å². The average molecular weight is 257 g/mol. The Balaban J connectivity index is 1.80. The number of unbranched alkanes of at least 4 members (excludes halogenated alkanes) is 1. The van der Waals surface area contributed by atoms with Crippen LogP contribution in [0.15, 0.2) is 0 Å². The van der Waals surface area contributed by atoms with Crippen LogP contribution in [-0.4, -0.2) is 39.0 Å². The molecule has 0 spiro atoms. The molecular formula is C15H31NO2. The van der Waals surface area contributed by atoms with E-state index in [1.165, 1.54) is 38.5 Å². The molecule has 0 aliphatic heterocycles. The van der Waals surface area contributed by atoms with Crippen molar-refractivity contribution in [3.05, 3.63) is 0 Å². The van der Waals surface area contributed by atoms with E-state index in [1.807, 2.05) is 0 Å². The molecule has 1 aliphatic rings. The molecule has 0 bridgehead atoms. The van der Waals surface area contributed by atoms with Crippen LogP contribution in [0.3, 0.4) is 0 Å². The molecule has 0 amide bonds. The molecule has 0 aromatic heterocycles. The van der Waals surface area contributed by atoms with E-state index >= 15 is 0 Å². The van der Waals surface area contributed by atoms with Crippen LogP contribution in [-0.2, 0) is 9.47 Å². The van der Waals surface area contributed by atoms with Gasteiger partial charge in [0.25, 0.3) is 0 Å². The minimum Gasteiger partial charge on any atom is -0.380 e. The molecule has 1 aliphatic carbocycles. The topological polar surface area (TPSA) is 30.5 Å². The first-order valence-electron chi connectivity index (χ1n) is 7.73. The van der Waals surface area contributed by atoms with Crippen molar-refractivity contribution >= 4 is 0 Å². The molecule has 0 aromatic rings. The highest BCUT2D eigenvalue weighted by Gasteiger charge is 2.18. The second kappa shape index (κ2) is 10.8. The average Bonchev–Trinajstić information content (AvgIpc) is 2.37. The summed E-state index contributed by atoms with van der Waals surface area (Å²) in [6.45, 7) is 8.96. The Morgan fingerprint density at radius 2 is 1.94 bits per heavy atom. The fraction of sp³-hybridized carbons (Fsp3) is 1.00. The third kappa shape index (κ3) is 8.06. The van der Waals surface area contributed by atoms with Crippen molar-refractivity contribution in [3.8, 4) is 0 Å². The summed E-state index contributed by atoms with van der Waals surface area (Å²) >= 11 is 0. The second-order valence-electron chi connectivity index (χ2n) is 5.48. The van der Waals surface area contributed by atoms with Crippen molar-refractivity contribution in [2.45, 2.75) is 58.5 Å². The zero-order valence-corrected chi connectivity index (χ0v) is 12.2. The highest BCUT2D eigenvalue weighted by atomic mass is 16.5. The van der Waals surface area contributed by atoms with E-state index in [9.17, 15) is 0 Å². The molecule has 1 rings (SSSR count). The van der Waals surface area contributed by atoms with Gasteiger partial charge in [-0.3, -0.25) is 0 Å². The largest absolute Gasteiger partial charge is 0.380 e. The fourth-order valence-electron chi connectivity index (χ4n) is 2.45. The Hall–Kier alpha value is -0.120. The molecule has 2 atom stereocenters. The van der Waals surface area contributed by atoms with Gasteiger partial charge in [0.1, 0.15) is 0 Å². The standard InChI is InChI=1S/C15H31NO2/c1-3-4-10-17-11-8-16-9-12-18-15-7-5-6-14(2)13-15/h14-16H,3-13H2,1-2H3. The van der Waals surface area contributed by atoms with Gasteiger partial charge in [-0.15, -0.1) is 0 Å². The van der Waals surface area contributed by atoms with Crippen molar-refractivity contribution in [1.82, 2.24) is 5.32 Å². The van der Waals surface area contributed by atoms with Crippen LogP contribution in [0.2, 0.25) is 0 Å². The van der Waals surface area contributed by atoms with E-state index < -0.39 is 0 Å². The van der Waals surface area contributed by atoms with E-state index in [0.717, 1.165) is 38.8 Å². The summed E-state index contributed by atoms with van der Waals surface area (Å²) in [7, 11) is 0. The van der Waals surface area contributed by atoms with Gasteiger partial charge in [0.05, 0.1) is 19.3 Å². The predicted octanol–water partition coefficient (Wildman–Crippen LogP) is 2.99. The normalized spacial score (nSPS) is 24.3. The van der Waals surface area contributed by atoms with E-state index in [0.29, 0.717) is 6.10 Å². The molecule has 1 fully saturated rings. The lowest BCUT2D eigenvalue weighted by Gasteiger charge is -2.26. The molecule has 18 heavy (non-hydrogen) atoms. The molecule has 3 nitrogen and oxygen atoms in total. The van der Waals surface area contributed by atoms with Gasteiger partial charge in [0, 0.05) is 19.7 Å². The quantitative estimate of drug-likeness (QED) is 0.610. The molecule has 1 saturated carbocycles. The molecule has 108 valence electrons. The summed E-state index contributed by atoms with van der Waals surface area (Å²) in [6, 6.07) is 0. The third-order valence-corrected chi connectivity index (χ3v) is 3.59. The van der Waals surface area contributed by atoms with Crippen molar-refractivity contribution in [2.24, 2.45) is 5.92 Å². The van der Waals surface area contributed by atoms with Crippen LogP contribution < -0.4 is 5.32 Å². The van der Waals surface area contributed by atoms with Crippen LogP contribution >= 0.6 is 0 Å². The Morgan fingerprint density at radius 1 is 1.11 bits per heavy atom. The van der Waals surface area contributed by atoms with Crippen LogP contribution in [0.25, 0.3) is 0 Å². The van der Waals surface area contributed by atoms with Crippen LogP contribution in [0, 0.1) is 5.92 Å². The Labute approximate surface area is 113 Å². The summed E-state index contributed by atoms with van der Waals surface area (Å²) < 4.78 is 11.4. The van der Waals surface area contributed by atoms with Gasteiger partial charge in [-0.2, -0.15) is 0 Å². The van der Waals surface area contributed by atoms with Crippen molar-refractivity contribution < 1.29 is 9.47 Å². The monoisotopic (exact) mass is 257 g/mol. The van der Waals surface area contributed by atoms with Gasteiger partial charge in [-0.1, -0.05) is 33.1 Å². The van der Waals surface area contributed by atoms with Crippen molar-refractivity contribution in [2.75, 3.05) is 32.9 Å². The Morgan fingerprint density at radius 3 is 2.72 bits per heavy atom. The first kappa shape index (κ1) is 15.9. The summed E-state index contributed by atoms with van der Waals surface area (Å²) in [6.07, 6.45) is 8.11. The minimum atomic E-state index is 0.511. The minimum absolute atomic E-state index is 0.511. The Kier molecular flexibility index (Phi) is 9.54. The van der Waals surface area contributed by atoms with Crippen LogP contribution in [0.5, 0.6) is 0 Å². The summed E-state index contributed by atoms with van der Waals surface area (Å²) in [5, 5.41) is 3.36. The number of rotatable bonds is 10. The second-order valence-corrected chi connectivity index (χ2v) is 5.48. The molecule has 0 radical (unpaired) electrons. The fourth-order valence-corrected chi connectivity index (χ4v) is 2.45. The maximum atomic E-state index is 5.90. The smallest absolute Gasteiger partial charge is 0.0594 e. The first-order chi connectivity index (χ1) is 8.83. The van der Waals surface area contributed by atoms with E-state index in [-0.39, 0.29) is 0 Å². The zero-order chi connectivity index (χ0) is 13.1. The maximum absolute atomic E-state index is 5.90. The Bertz CT molecular complexity index is 187. The molecular weight excluding hydrogens is 226 g/mol. The van der Waals surface area contributed by atoms with Crippen LogP contribution in [0.4, 0.5) is 0 Å². The van der Waals surface area contributed by atoms with E-state index in [1.54, 1.807) is 0 Å². The number of nitrogens with one attached hydrogen (secondary N) is 1. The number of hydrogen-bond acceptors (Lipinski definition) is 3. The summed E-state index contributed by atoms with van der Waals surface area (Å²) in [5.74, 6) is 0.851. The van der Waals surface area contributed by atoms with Crippen molar-refractivity contribution in [3.63, 3.8) is 0 Å². The summed E-state index contributed by atoms with van der Waals surface area (Å²) in [4.78, 5) is 0.